The van der Waals surface area contributed by atoms with Gasteiger partial charge in [-0.3, -0.25) is 0 Å². The molecule has 0 amide bonds. The van der Waals surface area contributed by atoms with E-state index in [0.29, 0.717) is 5.89 Å². The molecule has 0 saturated carbocycles. The SMILES string of the molecule is Cc1ccc(-c2csc(SC(C)c3nc(C(C)C)no3)n2)cc1. The van der Waals surface area contributed by atoms with E-state index in [1.807, 2.05) is 0 Å². The van der Waals surface area contributed by atoms with Crippen molar-refractivity contribution in [1.29, 1.82) is 0 Å². The van der Waals surface area contributed by atoms with Gasteiger partial charge < -0.3 is 4.52 Å². The normalized spacial score (nSPS) is 12.7. The molecule has 0 aliphatic rings. The van der Waals surface area contributed by atoms with Crippen LogP contribution in [0.25, 0.3) is 11.3 Å². The summed E-state index contributed by atoms with van der Waals surface area (Å²) in [4.78, 5) is 9.17. The zero-order valence-corrected chi connectivity index (χ0v) is 15.2. The van der Waals surface area contributed by atoms with Crippen molar-refractivity contribution in [1.82, 2.24) is 15.1 Å². The van der Waals surface area contributed by atoms with Gasteiger partial charge in [0.05, 0.1) is 10.9 Å². The van der Waals surface area contributed by atoms with Crippen molar-refractivity contribution < 1.29 is 4.52 Å². The van der Waals surface area contributed by atoms with Crippen molar-refractivity contribution in [2.75, 3.05) is 0 Å². The molecule has 0 radical (unpaired) electrons. The van der Waals surface area contributed by atoms with Gasteiger partial charge in [0, 0.05) is 16.9 Å². The average Bonchev–Trinajstić information content (AvgIpc) is 3.17. The Kier molecular flexibility index (Phi) is 4.82. The van der Waals surface area contributed by atoms with Gasteiger partial charge in [-0.05, 0) is 13.8 Å². The molecule has 4 nitrogen and oxygen atoms in total. The van der Waals surface area contributed by atoms with E-state index in [-0.39, 0.29) is 11.2 Å². The van der Waals surface area contributed by atoms with Gasteiger partial charge in [-0.25, -0.2) is 4.98 Å². The number of thiazole rings is 1. The van der Waals surface area contributed by atoms with Crippen LogP contribution in [0.4, 0.5) is 0 Å². The fourth-order valence-corrected chi connectivity index (χ4v) is 4.02. The summed E-state index contributed by atoms with van der Waals surface area (Å²) in [7, 11) is 0. The summed E-state index contributed by atoms with van der Waals surface area (Å²) < 4.78 is 6.37. The summed E-state index contributed by atoms with van der Waals surface area (Å²) in [6.07, 6.45) is 0. The van der Waals surface area contributed by atoms with Gasteiger partial charge in [-0.1, -0.05) is 60.6 Å². The first-order valence-corrected chi connectivity index (χ1v) is 9.31. The molecule has 3 rings (SSSR count). The van der Waals surface area contributed by atoms with Crippen LogP contribution in [0, 0.1) is 6.92 Å². The molecular formula is C17H19N3OS2. The van der Waals surface area contributed by atoms with E-state index in [2.05, 4.69) is 67.5 Å². The van der Waals surface area contributed by atoms with Gasteiger partial charge in [0.2, 0.25) is 5.89 Å². The lowest BCUT2D eigenvalue weighted by atomic mass is 10.1. The van der Waals surface area contributed by atoms with Gasteiger partial charge in [0.15, 0.2) is 10.2 Å². The van der Waals surface area contributed by atoms with Crippen LogP contribution in [-0.2, 0) is 0 Å². The molecular weight excluding hydrogens is 326 g/mol. The van der Waals surface area contributed by atoms with Crippen LogP contribution >= 0.6 is 23.1 Å². The van der Waals surface area contributed by atoms with Crippen LogP contribution in [0.2, 0.25) is 0 Å². The van der Waals surface area contributed by atoms with Crippen molar-refractivity contribution in [3.63, 3.8) is 0 Å². The molecule has 3 aromatic rings. The first-order chi connectivity index (χ1) is 11.0. The molecule has 1 aromatic carbocycles. The molecule has 6 heteroatoms. The maximum absolute atomic E-state index is 5.36. The highest BCUT2D eigenvalue weighted by Crippen LogP contribution is 2.37. The number of thioether (sulfide) groups is 1. The molecule has 1 atom stereocenters. The molecule has 120 valence electrons. The van der Waals surface area contributed by atoms with E-state index in [1.54, 1.807) is 23.1 Å². The summed E-state index contributed by atoms with van der Waals surface area (Å²) in [6.45, 7) is 8.26. The Morgan fingerprint density at radius 1 is 1.09 bits per heavy atom. The highest BCUT2D eigenvalue weighted by molar-refractivity contribution is 8.01. The number of nitrogens with zero attached hydrogens (tertiary/aromatic N) is 3. The number of rotatable bonds is 5. The third-order valence-electron chi connectivity index (χ3n) is 3.43. The summed E-state index contributed by atoms with van der Waals surface area (Å²) in [6, 6.07) is 8.43. The molecule has 23 heavy (non-hydrogen) atoms. The summed E-state index contributed by atoms with van der Waals surface area (Å²) in [5.41, 5.74) is 3.41. The lowest BCUT2D eigenvalue weighted by Crippen LogP contribution is -1.92. The molecule has 0 aliphatic carbocycles. The van der Waals surface area contributed by atoms with Gasteiger partial charge in [-0.15, -0.1) is 11.3 Å². The highest BCUT2D eigenvalue weighted by Gasteiger charge is 2.18. The van der Waals surface area contributed by atoms with Crippen LogP contribution in [0.5, 0.6) is 0 Å². The fourth-order valence-electron chi connectivity index (χ4n) is 2.02. The second-order valence-electron chi connectivity index (χ2n) is 5.77. The highest BCUT2D eigenvalue weighted by atomic mass is 32.2. The lowest BCUT2D eigenvalue weighted by Gasteiger charge is -2.02. The van der Waals surface area contributed by atoms with E-state index >= 15 is 0 Å². The minimum atomic E-state index is 0.0898. The van der Waals surface area contributed by atoms with E-state index < -0.39 is 0 Å². The monoisotopic (exact) mass is 345 g/mol. The Morgan fingerprint density at radius 3 is 2.48 bits per heavy atom. The number of aryl methyl sites for hydroxylation is 1. The third kappa shape index (κ3) is 3.82. The number of hydrogen-bond donors (Lipinski definition) is 0. The molecule has 0 fully saturated rings. The molecule has 2 heterocycles. The van der Waals surface area contributed by atoms with Crippen molar-refractivity contribution >= 4 is 23.1 Å². The fraction of sp³-hybridized carbons (Fsp3) is 0.353. The standard InChI is InChI=1S/C17H19N3OS2/c1-10(2)15-19-16(21-20-15)12(4)23-17-18-14(9-22-17)13-7-5-11(3)6-8-13/h5-10,12H,1-4H3. The maximum atomic E-state index is 5.36. The van der Waals surface area contributed by atoms with Crippen molar-refractivity contribution in [3.8, 4) is 11.3 Å². The van der Waals surface area contributed by atoms with Crippen LogP contribution in [-0.4, -0.2) is 15.1 Å². The molecule has 0 spiro atoms. The Labute approximate surface area is 144 Å². The summed E-state index contributed by atoms with van der Waals surface area (Å²) in [5.74, 6) is 1.69. The van der Waals surface area contributed by atoms with Gasteiger partial charge in [0.1, 0.15) is 0 Å². The minimum Gasteiger partial charge on any atom is -0.338 e. The van der Waals surface area contributed by atoms with Gasteiger partial charge >= 0.3 is 0 Å². The first-order valence-electron chi connectivity index (χ1n) is 7.55. The van der Waals surface area contributed by atoms with Crippen LogP contribution in [0.15, 0.2) is 38.5 Å². The predicted molar refractivity (Wildman–Crippen MR) is 94.9 cm³/mol. The molecule has 0 N–H and O–H groups in total. The van der Waals surface area contributed by atoms with Gasteiger partial charge in [0.25, 0.3) is 0 Å². The zero-order chi connectivity index (χ0) is 16.4. The van der Waals surface area contributed by atoms with Crippen molar-refractivity contribution in [2.45, 2.75) is 43.2 Å². The lowest BCUT2D eigenvalue weighted by molar-refractivity contribution is 0.373. The second kappa shape index (κ2) is 6.84. The van der Waals surface area contributed by atoms with E-state index in [9.17, 15) is 0 Å². The third-order valence-corrected chi connectivity index (χ3v) is 5.49. The number of aromatic nitrogens is 3. The molecule has 2 aromatic heterocycles. The Bertz CT molecular complexity index is 777. The van der Waals surface area contributed by atoms with E-state index in [4.69, 9.17) is 9.51 Å². The summed E-state index contributed by atoms with van der Waals surface area (Å²) >= 11 is 3.30. The largest absolute Gasteiger partial charge is 0.338 e. The quantitative estimate of drug-likeness (QED) is 0.573. The minimum absolute atomic E-state index is 0.0898. The molecule has 0 bridgehead atoms. The predicted octanol–water partition coefficient (Wildman–Crippen LogP) is 5.48. The number of hydrogen-bond acceptors (Lipinski definition) is 6. The van der Waals surface area contributed by atoms with Gasteiger partial charge in [-0.2, -0.15) is 4.98 Å². The zero-order valence-electron chi connectivity index (χ0n) is 13.6. The number of benzene rings is 1. The molecule has 1 unspecified atom stereocenters. The summed E-state index contributed by atoms with van der Waals surface area (Å²) in [5, 5.41) is 6.20. The Hall–Kier alpha value is -1.66. The Morgan fingerprint density at radius 2 is 1.83 bits per heavy atom. The molecule has 0 aliphatic heterocycles. The van der Waals surface area contributed by atoms with E-state index in [1.165, 1.54) is 5.56 Å². The smallest absolute Gasteiger partial charge is 0.239 e. The first kappa shape index (κ1) is 16.2. The average molecular weight is 345 g/mol. The van der Waals surface area contributed by atoms with Crippen molar-refractivity contribution in [3.05, 3.63) is 46.9 Å². The Balaban J connectivity index is 1.71. The van der Waals surface area contributed by atoms with Crippen LogP contribution < -0.4 is 0 Å². The molecule has 0 saturated heterocycles. The van der Waals surface area contributed by atoms with Crippen LogP contribution in [0.3, 0.4) is 0 Å². The topological polar surface area (TPSA) is 51.8 Å². The van der Waals surface area contributed by atoms with Crippen molar-refractivity contribution in [2.24, 2.45) is 0 Å². The second-order valence-corrected chi connectivity index (χ2v) is 8.22. The maximum Gasteiger partial charge on any atom is 0.239 e. The van der Waals surface area contributed by atoms with E-state index in [0.717, 1.165) is 21.4 Å². The van der Waals surface area contributed by atoms with Crippen LogP contribution in [0.1, 0.15) is 49.2 Å².